The van der Waals surface area contributed by atoms with Crippen LogP contribution in [0.15, 0.2) is 24.4 Å². The summed E-state index contributed by atoms with van der Waals surface area (Å²) in [6, 6.07) is 6.04. The number of aliphatic hydroxyl groups excluding tert-OH is 1. The number of nitrogens with zero attached hydrogens (tertiary/aromatic N) is 3. The molecule has 2 aliphatic rings. The summed E-state index contributed by atoms with van der Waals surface area (Å²) in [5.41, 5.74) is 0.356. The van der Waals surface area contributed by atoms with E-state index in [9.17, 15) is 5.11 Å². The van der Waals surface area contributed by atoms with Gasteiger partial charge in [0, 0.05) is 38.9 Å². The molecule has 1 N–H and O–H groups in total. The molecule has 1 aromatic rings. The van der Waals surface area contributed by atoms with Gasteiger partial charge in [-0.2, -0.15) is 0 Å². The van der Waals surface area contributed by atoms with Crippen LogP contribution in [0.25, 0.3) is 0 Å². The molecule has 3 rings (SSSR count). The summed E-state index contributed by atoms with van der Waals surface area (Å²) < 4.78 is 6.09. The van der Waals surface area contributed by atoms with Gasteiger partial charge in [-0.05, 0) is 42.7 Å². The summed E-state index contributed by atoms with van der Waals surface area (Å²) in [5.74, 6) is 1.76. The maximum Gasteiger partial charge on any atom is 0.128 e. The van der Waals surface area contributed by atoms with Crippen molar-refractivity contribution < 1.29 is 9.84 Å². The second kappa shape index (κ2) is 8.68. The molecule has 0 aromatic carbocycles. The first-order valence-corrected chi connectivity index (χ1v) is 10.1. The first-order chi connectivity index (χ1) is 12.4. The number of aromatic nitrogens is 1. The number of aliphatic hydroxyl groups is 1. The molecule has 1 saturated heterocycles. The molecular formula is C21H35N3O2. The zero-order chi connectivity index (χ0) is 18.6. The fourth-order valence-electron chi connectivity index (χ4n) is 4.68. The zero-order valence-corrected chi connectivity index (χ0v) is 16.6. The van der Waals surface area contributed by atoms with E-state index >= 15 is 0 Å². The summed E-state index contributed by atoms with van der Waals surface area (Å²) in [6.07, 6.45) is 5.24. The molecule has 1 aliphatic carbocycles. The van der Waals surface area contributed by atoms with Crippen molar-refractivity contribution in [1.82, 2.24) is 9.88 Å². The molecule has 0 bridgehead atoms. The average molecular weight is 362 g/mol. The highest BCUT2D eigenvalue weighted by molar-refractivity contribution is 5.38. The molecule has 0 amide bonds. The number of rotatable bonds is 6. The molecule has 5 heteroatoms. The van der Waals surface area contributed by atoms with Crippen molar-refractivity contribution in [2.45, 2.75) is 52.2 Å². The number of hydrogen-bond acceptors (Lipinski definition) is 5. The maximum atomic E-state index is 10.4. The molecule has 3 unspecified atom stereocenters. The van der Waals surface area contributed by atoms with Crippen molar-refractivity contribution in [3.63, 3.8) is 0 Å². The van der Waals surface area contributed by atoms with Crippen LogP contribution in [0.4, 0.5) is 5.82 Å². The second-order valence-corrected chi connectivity index (χ2v) is 9.00. The minimum atomic E-state index is -0.406. The Morgan fingerprint density at radius 3 is 2.65 bits per heavy atom. The predicted molar refractivity (Wildman–Crippen MR) is 105 cm³/mol. The lowest BCUT2D eigenvalue weighted by Crippen LogP contribution is -2.49. The van der Waals surface area contributed by atoms with Gasteiger partial charge < -0.3 is 14.7 Å². The van der Waals surface area contributed by atoms with E-state index in [1.807, 2.05) is 18.3 Å². The molecule has 1 aromatic heterocycles. The number of hydrogen-bond donors (Lipinski definition) is 1. The largest absolute Gasteiger partial charge is 0.389 e. The SMILES string of the molecule is CC1CC(OCC(O)CN2CCN(c3ccccn3)CC2)CC(C)(C)C1. The third-order valence-corrected chi connectivity index (χ3v) is 5.69. The van der Waals surface area contributed by atoms with Crippen LogP contribution in [-0.4, -0.2) is 66.5 Å². The van der Waals surface area contributed by atoms with Crippen LogP contribution < -0.4 is 4.90 Å². The van der Waals surface area contributed by atoms with Gasteiger partial charge in [0.05, 0.1) is 18.8 Å². The Morgan fingerprint density at radius 2 is 2.00 bits per heavy atom. The first kappa shape index (κ1) is 19.6. The van der Waals surface area contributed by atoms with E-state index in [-0.39, 0.29) is 0 Å². The van der Waals surface area contributed by atoms with Crippen LogP contribution in [0.2, 0.25) is 0 Å². The van der Waals surface area contributed by atoms with Gasteiger partial charge in [-0.1, -0.05) is 26.8 Å². The first-order valence-electron chi connectivity index (χ1n) is 10.1. The van der Waals surface area contributed by atoms with Crippen molar-refractivity contribution in [3.8, 4) is 0 Å². The molecule has 3 atom stereocenters. The Balaban J connectivity index is 1.37. The highest BCUT2D eigenvalue weighted by Gasteiger charge is 2.32. The Labute approximate surface area is 158 Å². The Hall–Kier alpha value is -1.17. The van der Waals surface area contributed by atoms with Crippen LogP contribution in [0.3, 0.4) is 0 Å². The van der Waals surface area contributed by atoms with Crippen molar-refractivity contribution in [2.24, 2.45) is 11.3 Å². The van der Waals surface area contributed by atoms with Gasteiger partial charge >= 0.3 is 0 Å². The number of anilines is 1. The monoisotopic (exact) mass is 361 g/mol. The lowest BCUT2D eigenvalue weighted by molar-refractivity contribution is -0.0615. The van der Waals surface area contributed by atoms with E-state index in [0.29, 0.717) is 30.6 Å². The van der Waals surface area contributed by atoms with E-state index in [4.69, 9.17) is 4.74 Å². The van der Waals surface area contributed by atoms with Crippen LogP contribution in [0.5, 0.6) is 0 Å². The molecule has 2 fully saturated rings. The number of ether oxygens (including phenoxy) is 1. The Bertz CT molecular complexity index is 543. The minimum Gasteiger partial charge on any atom is -0.389 e. The predicted octanol–water partition coefficient (Wildman–Crippen LogP) is 2.80. The lowest BCUT2D eigenvalue weighted by atomic mass is 9.71. The van der Waals surface area contributed by atoms with Gasteiger partial charge in [-0.3, -0.25) is 4.90 Å². The topological polar surface area (TPSA) is 48.8 Å². The third kappa shape index (κ3) is 5.66. The molecule has 5 nitrogen and oxygen atoms in total. The van der Waals surface area contributed by atoms with E-state index in [2.05, 4.69) is 41.6 Å². The zero-order valence-electron chi connectivity index (χ0n) is 16.6. The van der Waals surface area contributed by atoms with Crippen LogP contribution in [0, 0.1) is 11.3 Å². The van der Waals surface area contributed by atoms with E-state index in [1.165, 1.54) is 6.42 Å². The quantitative estimate of drug-likeness (QED) is 0.844. The average Bonchev–Trinajstić information content (AvgIpc) is 2.60. The van der Waals surface area contributed by atoms with Crippen molar-refractivity contribution in [2.75, 3.05) is 44.2 Å². The van der Waals surface area contributed by atoms with Gasteiger partial charge in [0.1, 0.15) is 5.82 Å². The van der Waals surface area contributed by atoms with Gasteiger partial charge in [0.15, 0.2) is 0 Å². The van der Waals surface area contributed by atoms with Gasteiger partial charge in [-0.25, -0.2) is 4.98 Å². The van der Waals surface area contributed by atoms with Crippen molar-refractivity contribution >= 4 is 5.82 Å². The normalized spacial score (nSPS) is 28.1. The standard InChI is InChI=1S/C21H35N3O2/c1-17-12-19(14-21(2,3)13-17)26-16-18(25)15-23-8-10-24(11-9-23)20-6-4-5-7-22-20/h4-7,17-19,25H,8-16H2,1-3H3. The number of piperazine rings is 1. The summed E-state index contributed by atoms with van der Waals surface area (Å²) in [7, 11) is 0. The fraction of sp³-hybridized carbons (Fsp3) is 0.762. The molecule has 146 valence electrons. The molecule has 1 saturated carbocycles. The molecule has 0 spiro atoms. The molecule has 2 heterocycles. The smallest absolute Gasteiger partial charge is 0.128 e. The highest BCUT2D eigenvalue weighted by Crippen LogP contribution is 2.39. The van der Waals surface area contributed by atoms with Gasteiger partial charge in [0.25, 0.3) is 0 Å². The lowest BCUT2D eigenvalue weighted by Gasteiger charge is -2.39. The maximum absolute atomic E-state index is 10.4. The summed E-state index contributed by atoms with van der Waals surface area (Å²) in [6.45, 7) is 12.0. The van der Waals surface area contributed by atoms with Crippen LogP contribution >= 0.6 is 0 Å². The van der Waals surface area contributed by atoms with Crippen molar-refractivity contribution in [1.29, 1.82) is 0 Å². The molecule has 1 aliphatic heterocycles. The third-order valence-electron chi connectivity index (χ3n) is 5.69. The number of β-amino-alcohol motifs (C(OH)–C–C–N with tert-alkyl or cyclic N) is 1. The fourth-order valence-corrected chi connectivity index (χ4v) is 4.68. The summed E-state index contributed by atoms with van der Waals surface area (Å²) in [5, 5.41) is 10.4. The summed E-state index contributed by atoms with van der Waals surface area (Å²) >= 11 is 0. The Morgan fingerprint density at radius 1 is 1.23 bits per heavy atom. The van der Waals surface area contributed by atoms with Crippen LogP contribution in [-0.2, 0) is 4.74 Å². The summed E-state index contributed by atoms with van der Waals surface area (Å²) in [4.78, 5) is 9.07. The van der Waals surface area contributed by atoms with E-state index in [0.717, 1.165) is 44.8 Å². The van der Waals surface area contributed by atoms with Gasteiger partial charge in [-0.15, -0.1) is 0 Å². The van der Waals surface area contributed by atoms with Crippen molar-refractivity contribution in [3.05, 3.63) is 24.4 Å². The van der Waals surface area contributed by atoms with E-state index < -0.39 is 6.10 Å². The molecule has 0 radical (unpaired) electrons. The molecule has 26 heavy (non-hydrogen) atoms. The Kier molecular flexibility index (Phi) is 6.54. The highest BCUT2D eigenvalue weighted by atomic mass is 16.5. The van der Waals surface area contributed by atoms with Crippen LogP contribution in [0.1, 0.15) is 40.0 Å². The molecular weight excluding hydrogens is 326 g/mol. The second-order valence-electron chi connectivity index (χ2n) is 9.00. The van der Waals surface area contributed by atoms with E-state index in [1.54, 1.807) is 0 Å². The minimum absolute atomic E-state index is 0.296. The van der Waals surface area contributed by atoms with Gasteiger partial charge in [0.2, 0.25) is 0 Å². The number of pyridine rings is 1.